The second kappa shape index (κ2) is 10.1. The Labute approximate surface area is 170 Å². The Morgan fingerprint density at radius 1 is 1.20 bits per heavy atom. The predicted octanol–water partition coefficient (Wildman–Crippen LogP) is 3.24. The van der Waals surface area contributed by atoms with E-state index in [4.69, 9.17) is 0 Å². The number of benzene rings is 1. The molecular formula is C17H24IN3O2S2. The number of guanidine groups is 1. The Bertz CT molecular complexity index is 773. The van der Waals surface area contributed by atoms with E-state index in [0.717, 1.165) is 18.1 Å². The lowest BCUT2D eigenvalue weighted by Gasteiger charge is -2.15. The molecule has 0 spiro atoms. The highest BCUT2D eigenvalue weighted by atomic mass is 127. The van der Waals surface area contributed by atoms with E-state index >= 15 is 0 Å². The summed E-state index contributed by atoms with van der Waals surface area (Å²) in [6.45, 7) is 3.55. The molecule has 0 saturated heterocycles. The first-order valence-electron chi connectivity index (χ1n) is 7.65. The van der Waals surface area contributed by atoms with Gasteiger partial charge in [-0.25, -0.2) is 8.42 Å². The lowest BCUT2D eigenvalue weighted by Crippen LogP contribution is -2.38. The van der Waals surface area contributed by atoms with E-state index in [0.29, 0.717) is 17.4 Å². The highest BCUT2D eigenvalue weighted by Crippen LogP contribution is 2.17. The van der Waals surface area contributed by atoms with Crippen molar-refractivity contribution in [3.63, 3.8) is 0 Å². The van der Waals surface area contributed by atoms with Gasteiger partial charge < -0.3 is 10.6 Å². The number of hydrogen-bond acceptors (Lipinski definition) is 4. The third-order valence-corrected chi connectivity index (χ3v) is 5.55. The van der Waals surface area contributed by atoms with Gasteiger partial charge in [-0.3, -0.25) is 4.99 Å². The molecule has 0 amide bonds. The van der Waals surface area contributed by atoms with Gasteiger partial charge in [-0.05, 0) is 46.0 Å². The van der Waals surface area contributed by atoms with Crippen LogP contribution < -0.4 is 10.6 Å². The maximum atomic E-state index is 11.5. The zero-order valence-electron chi connectivity index (χ0n) is 14.5. The summed E-state index contributed by atoms with van der Waals surface area (Å²) in [7, 11) is -1.42. The standard InChI is InChI=1S/C17H23N3O2S2.HI/c1-13(15-8-9-23-12-15)10-19-17(18-2)20-11-14-4-6-16(7-5-14)24(3,21)22;/h4-9,12-13H,10-11H2,1-3H3,(H2,18,19,20);1H. The number of sulfone groups is 1. The van der Waals surface area contributed by atoms with Gasteiger partial charge >= 0.3 is 0 Å². The molecule has 25 heavy (non-hydrogen) atoms. The number of nitrogens with zero attached hydrogens (tertiary/aromatic N) is 1. The predicted molar refractivity (Wildman–Crippen MR) is 116 cm³/mol. The number of nitrogens with one attached hydrogen (secondary N) is 2. The topological polar surface area (TPSA) is 70.6 Å². The van der Waals surface area contributed by atoms with Gasteiger partial charge in [0.15, 0.2) is 15.8 Å². The summed E-state index contributed by atoms with van der Waals surface area (Å²) < 4.78 is 22.9. The van der Waals surface area contributed by atoms with Crippen LogP contribution in [0.4, 0.5) is 0 Å². The van der Waals surface area contributed by atoms with E-state index in [-0.39, 0.29) is 24.0 Å². The molecule has 1 atom stereocenters. The molecule has 2 aromatic rings. The fourth-order valence-corrected chi connectivity index (χ4v) is 3.60. The lowest BCUT2D eigenvalue weighted by molar-refractivity contribution is 0.602. The normalized spacial score (nSPS) is 13.0. The van der Waals surface area contributed by atoms with Gasteiger partial charge in [0.2, 0.25) is 0 Å². The monoisotopic (exact) mass is 493 g/mol. The molecule has 138 valence electrons. The van der Waals surface area contributed by atoms with E-state index in [1.165, 1.54) is 11.8 Å². The first kappa shape index (κ1) is 21.9. The molecular weight excluding hydrogens is 469 g/mol. The van der Waals surface area contributed by atoms with E-state index in [9.17, 15) is 8.42 Å². The van der Waals surface area contributed by atoms with E-state index in [2.05, 4.69) is 39.4 Å². The molecule has 1 unspecified atom stereocenters. The smallest absolute Gasteiger partial charge is 0.191 e. The van der Waals surface area contributed by atoms with Gasteiger partial charge in [0.25, 0.3) is 0 Å². The molecule has 5 nitrogen and oxygen atoms in total. The van der Waals surface area contributed by atoms with Crippen molar-refractivity contribution >= 4 is 51.1 Å². The Morgan fingerprint density at radius 3 is 2.40 bits per heavy atom. The summed E-state index contributed by atoms with van der Waals surface area (Å²) >= 11 is 1.70. The summed E-state index contributed by atoms with van der Waals surface area (Å²) in [4.78, 5) is 4.55. The molecule has 0 aliphatic rings. The lowest BCUT2D eigenvalue weighted by atomic mass is 10.1. The SMILES string of the molecule is CN=C(NCc1ccc(S(C)(=O)=O)cc1)NCC(C)c1ccsc1.I. The number of hydrogen-bond donors (Lipinski definition) is 2. The molecule has 0 aliphatic carbocycles. The van der Waals surface area contributed by atoms with Crippen LogP contribution in [0, 0.1) is 0 Å². The van der Waals surface area contributed by atoms with Crippen LogP contribution in [0.5, 0.6) is 0 Å². The zero-order chi connectivity index (χ0) is 17.6. The van der Waals surface area contributed by atoms with Crippen molar-refractivity contribution in [3.8, 4) is 0 Å². The minimum Gasteiger partial charge on any atom is -0.356 e. The van der Waals surface area contributed by atoms with Crippen molar-refractivity contribution in [2.75, 3.05) is 19.8 Å². The third kappa shape index (κ3) is 6.95. The maximum absolute atomic E-state index is 11.5. The van der Waals surface area contributed by atoms with Crippen LogP contribution in [-0.2, 0) is 16.4 Å². The average Bonchev–Trinajstić information content (AvgIpc) is 3.09. The van der Waals surface area contributed by atoms with Gasteiger partial charge in [0, 0.05) is 26.4 Å². The Morgan fingerprint density at radius 2 is 1.88 bits per heavy atom. The van der Waals surface area contributed by atoms with Crippen LogP contribution in [-0.4, -0.2) is 34.2 Å². The molecule has 0 aliphatic heterocycles. The van der Waals surface area contributed by atoms with Crippen LogP contribution in [0.3, 0.4) is 0 Å². The summed E-state index contributed by atoms with van der Waals surface area (Å²) in [5.41, 5.74) is 2.32. The second-order valence-electron chi connectivity index (χ2n) is 5.68. The maximum Gasteiger partial charge on any atom is 0.191 e. The Hall–Kier alpha value is -1.13. The molecule has 1 aromatic carbocycles. The van der Waals surface area contributed by atoms with Gasteiger partial charge in [0.05, 0.1) is 4.90 Å². The summed E-state index contributed by atoms with van der Waals surface area (Å²) in [5, 5.41) is 10.8. The first-order valence-corrected chi connectivity index (χ1v) is 10.5. The number of halogens is 1. The van der Waals surface area contributed by atoms with Crippen LogP contribution in [0.1, 0.15) is 24.0 Å². The van der Waals surface area contributed by atoms with Crippen LogP contribution >= 0.6 is 35.3 Å². The fraction of sp³-hybridized carbons (Fsp3) is 0.353. The van der Waals surface area contributed by atoms with Crippen molar-refractivity contribution in [2.45, 2.75) is 24.3 Å². The molecule has 8 heteroatoms. The summed E-state index contributed by atoms with van der Waals surface area (Å²) in [6, 6.07) is 9.01. The first-order chi connectivity index (χ1) is 11.4. The largest absolute Gasteiger partial charge is 0.356 e. The molecule has 0 fully saturated rings. The van der Waals surface area contributed by atoms with Crippen LogP contribution in [0.15, 0.2) is 51.0 Å². The molecule has 1 heterocycles. The van der Waals surface area contributed by atoms with Gasteiger partial charge in [-0.2, -0.15) is 11.3 Å². The molecule has 0 bridgehead atoms. The van der Waals surface area contributed by atoms with Gasteiger partial charge in [-0.1, -0.05) is 19.1 Å². The minimum atomic E-state index is -3.15. The molecule has 1 aromatic heterocycles. The Balaban J connectivity index is 0.00000312. The molecule has 2 N–H and O–H groups in total. The molecule has 0 saturated carbocycles. The van der Waals surface area contributed by atoms with Crippen molar-refractivity contribution < 1.29 is 8.42 Å². The quantitative estimate of drug-likeness (QED) is 0.368. The van der Waals surface area contributed by atoms with Crippen molar-refractivity contribution in [2.24, 2.45) is 4.99 Å². The molecule has 2 rings (SSSR count). The van der Waals surface area contributed by atoms with Gasteiger partial charge in [0.1, 0.15) is 0 Å². The third-order valence-electron chi connectivity index (χ3n) is 3.72. The van der Waals surface area contributed by atoms with Crippen LogP contribution in [0.2, 0.25) is 0 Å². The highest BCUT2D eigenvalue weighted by Gasteiger charge is 2.08. The zero-order valence-corrected chi connectivity index (χ0v) is 18.5. The summed E-state index contributed by atoms with van der Waals surface area (Å²) in [6.07, 6.45) is 1.21. The van der Waals surface area contributed by atoms with E-state index in [1.54, 1.807) is 30.5 Å². The summed E-state index contributed by atoms with van der Waals surface area (Å²) in [5.74, 6) is 1.13. The van der Waals surface area contributed by atoms with Crippen molar-refractivity contribution in [1.82, 2.24) is 10.6 Å². The van der Waals surface area contributed by atoms with E-state index in [1.807, 2.05) is 12.1 Å². The minimum absolute atomic E-state index is 0. The average molecular weight is 493 g/mol. The fourth-order valence-electron chi connectivity index (χ4n) is 2.18. The molecule has 0 radical (unpaired) electrons. The Kier molecular flexibility index (Phi) is 8.87. The number of thiophene rings is 1. The van der Waals surface area contributed by atoms with Crippen molar-refractivity contribution in [3.05, 3.63) is 52.2 Å². The number of rotatable bonds is 6. The highest BCUT2D eigenvalue weighted by molar-refractivity contribution is 14.0. The number of aliphatic imine (C=N–C) groups is 1. The second-order valence-corrected chi connectivity index (χ2v) is 8.48. The van der Waals surface area contributed by atoms with Gasteiger partial charge in [-0.15, -0.1) is 24.0 Å². The van der Waals surface area contributed by atoms with Crippen molar-refractivity contribution in [1.29, 1.82) is 0 Å². The van der Waals surface area contributed by atoms with Crippen LogP contribution in [0.25, 0.3) is 0 Å². The van der Waals surface area contributed by atoms with E-state index < -0.39 is 9.84 Å².